The summed E-state index contributed by atoms with van der Waals surface area (Å²) in [5, 5.41) is 0. The average Bonchev–Trinajstić information content (AvgIpc) is 2.54. The van der Waals surface area contributed by atoms with Crippen LogP contribution in [0.4, 0.5) is 11.4 Å². The zero-order chi connectivity index (χ0) is 13.9. The lowest BCUT2D eigenvalue weighted by Crippen LogP contribution is -2.11. The average molecular weight is 268 g/mol. The Morgan fingerprint density at radius 2 is 1.75 bits per heavy atom. The largest absolute Gasteiger partial charge is 0.481 e. The van der Waals surface area contributed by atoms with Gasteiger partial charge in [-0.3, -0.25) is 0 Å². The highest BCUT2D eigenvalue weighted by atomic mass is 16.5. The van der Waals surface area contributed by atoms with Gasteiger partial charge in [-0.05, 0) is 55.0 Å². The fraction of sp³-hybridized carbons (Fsp3) is 0.353. The van der Waals surface area contributed by atoms with Gasteiger partial charge in [0.15, 0.2) is 0 Å². The van der Waals surface area contributed by atoms with Gasteiger partial charge in [0, 0.05) is 18.8 Å². The van der Waals surface area contributed by atoms with Crippen LogP contribution in [0, 0.1) is 0 Å². The number of rotatable bonds is 3. The van der Waals surface area contributed by atoms with Crippen LogP contribution in [0.2, 0.25) is 0 Å². The van der Waals surface area contributed by atoms with Crippen LogP contribution in [-0.2, 0) is 12.8 Å². The lowest BCUT2D eigenvalue weighted by atomic mass is 9.91. The third-order valence-electron chi connectivity index (χ3n) is 4.04. The number of aromatic nitrogens is 1. The molecule has 0 saturated heterocycles. The molecule has 3 rings (SSSR count). The Labute approximate surface area is 120 Å². The van der Waals surface area contributed by atoms with Gasteiger partial charge in [-0.25, -0.2) is 4.98 Å². The summed E-state index contributed by atoms with van der Waals surface area (Å²) in [6, 6.07) is 10.7. The van der Waals surface area contributed by atoms with E-state index in [1.807, 2.05) is 18.3 Å². The van der Waals surface area contributed by atoms with Crippen molar-refractivity contribution in [1.29, 1.82) is 0 Å². The first-order valence-electron chi connectivity index (χ1n) is 7.13. The molecule has 2 aromatic rings. The Morgan fingerprint density at radius 1 is 1.00 bits per heavy atom. The van der Waals surface area contributed by atoms with E-state index in [0.29, 0.717) is 5.88 Å². The van der Waals surface area contributed by atoms with Crippen LogP contribution < -0.4 is 9.64 Å². The van der Waals surface area contributed by atoms with Crippen molar-refractivity contribution in [3.8, 4) is 5.88 Å². The lowest BCUT2D eigenvalue weighted by Gasteiger charge is -2.23. The molecule has 0 atom stereocenters. The molecule has 0 fully saturated rings. The van der Waals surface area contributed by atoms with Gasteiger partial charge in [0.05, 0.1) is 19.0 Å². The number of aryl methyl sites for hydroxylation is 2. The van der Waals surface area contributed by atoms with Crippen LogP contribution in [0.1, 0.15) is 24.0 Å². The van der Waals surface area contributed by atoms with E-state index in [0.717, 1.165) is 5.69 Å². The fourth-order valence-corrected chi connectivity index (χ4v) is 2.77. The quantitative estimate of drug-likeness (QED) is 0.848. The molecule has 3 nitrogen and oxygen atoms in total. The van der Waals surface area contributed by atoms with Crippen molar-refractivity contribution in [1.82, 2.24) is 4.98 Å². The molecule has 3 heteroatoms. The second-order valence-electron chi connectivity index (χ2n) is 5.28. The molecular weight excluding hydrogens is 248 g/mol. The summed E-state index contributed by atoms with van der Waals surface area (Å²) in [5.41, 5.74) is 5.31. The molecule has 20 heavy (non-hydrogen) atoms. The van der Waals surface area contributed by atoms with Crippen LogP contribution in [0.3, 0.4) is 0 Å². The third-order valence-corrected chi connectivity index (χ3v) is 4.04. The maximum absolute atomic E-state index is 5.10. The highest BCUT2D eigenvalue weighted by Crippen LogP contribution is 2.29. The molecule has 1 aromatic carbocycles. The number of fused-ring (bicyclic) bond motifs is 1. The highest BCUT2D eigenvalue weighted by molar-refractivity contribution is 5.63. The van der Waals surface area contributed by atoms with Gasteiger partial charge in [0.2, 0.25) is 5.88 Å². The third kappa shape index (κ3) is 2.48. The van der Waals surface area contributed by atoms with E-state index in [2.05, 4.69) is 35.1 Å². The van der Waals surface area contributed by atoms with Gasteiger partial charge in [-0.15, -0.1) is 0 Å². The maximum atomic E-state index is 5.10. The molecule has 0 unspecified atom stereocenters. The van der Waals surface area contributed by atoms with Crippen LogP contribution in [0.15, 0.2) is 36.5 Å². The minimum absolute atomic E-state index is 0.646. The molecular formula is C17H20N2O. The number of pyridine rings is 1. The van der Waals surface area contributed by atoms with E-state index in [-0.39, 0.29) is 0 Å². The number of hydrogen-bond donors (Lipinski definition) is 0. The van der Waals surface area contributed by atoms with Crippen molar-refractivity contribution in [2.45, 2.75) is 25.7 Å². The van der Waals surface area contributed by atoms with Gasteiger partial charge < -0.3 is 9.64 Å². The van der Waals surface area contributed by atoms with Crippen LogP contribution >= 0.6 is 0 Å². The van der Waals surface area contributed by atoms with E-state index in [9.17, 15) is 0 Å². The Bertz CT molecular complexity index is 592. The van der Waals surface area contributed by atoms with Crippen molar-refractivity contribution in [2.24, 2.45) is 0 Å². The highest BCUT2D eigenvalue weighted by Gasteiger charge is 2.12. The Hall–Kier alpha value is -2.03. The first-order chi connectivity index (χ1) is 9.78. The van der Waals surface area contributed by atoms with Crippen LogP contribution in [-0.4, -0.2) is 19.1 Å². The number of nitrogens with zero attached hydrogens (tertiary/aromatic N) is 2. The minimum atomic E-state index is 0.646. The molecule has 1 aromatic heterocycles. The molecule has 0 aliphatic heterocycles. The summed E-state index contributed by atoms with van der Waals surface area (Å²) in [4.78, 5) is 6.44. The molecule has 0 saturated carbocycles. The zero-order valence-corrected chi connectivity index (χ0v) is 12.1. The summed E-state index contributed by atoms with van der Waals surface area (Å²) >= 11 is 0. The SMILES string of the molecule is COc1ccc(N(C)c2ccc3c(c2)CCCC3)cn1. The van der Waals surface area contributed by atoms with Gasteiger partial charge in [0.25, 0.3) is 0 Å². The molecule has 0 bridgehead atoms. The number of hydrogen-bond acceptors (Lipinski definition) is 3. The van der Waals surface area contributed by atoms with E-state index >= 15 is 0 Å². The smallest absolute Gasteiger partial charge is 0.213 e. The molecule has 0 spiro atoms. The number of benzene rings is 1. The fourth-order valence-electron chi connectivity index (χ4n) is 2.77. The number of methoxy groups -OCH3 is 1. The molecule has 0 amide bonds. The van der Waals surface area contributed by atoms with E-state index in [4.69, 9.17) is 4.74 Å². The van der Waals surface area contributed by atoms with E-state index in [1.54, 1.807) is 7.11 Å². The molecule has 1 heterocycles. The lowest BCUT2D eigenvalue weighted by molar-refractivity contribution is 0.398. The first-order valence-corrected chi connectivity index (χ1v) is 7.13. The molecule has 1 aliphatic carbocycles. The molecule has 0 N–H and O–H groups in total. The number of anilines is 2. The van der Waals surface area contributed by atoms with Crippen molar-refractivity contribution in [3.63, 3.8) is 0 Å². The Kier molecular flexibility index (Phi) is 3.59. The van der Waals surface area contributed by atoms with E-state index in [1.165, 1.54) is 42.5 Å². The minimum Gasteiger partial charge on any atom is -0.481 e. The van der Waals surface area contributed by atoms with Gasteiger partial charge in [-0.2, -0.15) is 0 Å². The normalized spacial score (nSPS) is 13.7. The summed E-state index contributed by atoms with van der Waals surface area (Å²) in [6.07, 6.45) is 6.91. The summed E-state index contributed by atoms with van der Waals surface area (Å²) in [6.45, 7) is 0. The monoisotopic (exact) mass is 268 g/mol. The second-order valence-corrected chi connectivity index (χ2v) is 5.28. The second kappa shape index (κ2) is 5.53. The summed E-state index contributed by atoms with van der Waals surface area (Å²) in [5.74, 6) is 0.646. The van der Waals surface area contributed by atoms with Gasteiger partial charge in [0.1, 0.15) is 0 Å². The van der Waals surface area contributed by atoms with Crippen molar-refractivity contribution >= 4 is 11.4 Å². The zero-order valence-electron chi connectivity index (χ0n) is 12.1. The van der Waals surface area contributed by atoms with Gasteiger partial charge >= 0.3 is 0 Å². The van der Waals surface area contributed by atoms with Gasteiger partial charge in [-0.1, -0.05) is 6.07 Å². The molecule has 104 valence electrons. The van der Waals surface area contributed by atoms with E-state index < -0.39 is 0 Å². The van der Waals surface area contributed by atoms with Crippen LogP contribution in [0.5, 0.6) is 5.88 Å². The Morgan fingerprint density at radius 3 is 2.45 bits per heavy atom. The standard InChI is InChI=1S/C17H20N2O/c1-19(16-9-10-17(20-2)18-12-16)15-8-7-13-5-3-4-6-14(13)11-15/h7-12H,3-6H2,1-2H3. The van der Waals surface area contributed by atoms with Crippen molar-refractivity contribution in [2.75, 3.05) is 19.1 Å². The summed E-state index contributed by atoms with van der Waals surface area (Å²) < 4.78 is 5.10. The predicted octanol–water partition coefficient (Wildman–Crippen LogP) is 3.74. The van der Waals surface area contributed by atoms with Crippen molar-refractivity contribution in [3.05, 3.63) is 47.7 Å². The summed E-state index contributed by atoms with van der Waals surface area (Å²) in [7, 11) is 3.71. The topological polar surface area (TPSA) is 25.4 Å². The first kappa shape index (κ1) is 13.0. The van der Waals surface area contributed by atoms with Crippen LogP contribution in [0.25, 0.3) is 0 Å². The Balaban J connectivity index is 1.87. The van der Waals surface area contributed by atoms with Crippen molar-refractivity contribution < 1.29 is 4.74 Å². The molecule has 1 aliphatic rings. The predicted molar refractivity (Wildman–Crippen MR) is 81.9 cm³/mol. The maximum Gasteiger partial charge on any atom is 0.213 e. The number of ether oxygens (including phenoxy) is 1. The molecule has 0 radical (unpaired) electrons.